The lowest BCUT2D eigenvalue weighted by atomic mass is 10.3. The van der Waals surface area contributed by atoms with E-state index in [-0.39, 0.29) is 6.61 Å². The molecule has 0 aliphatic carbocycles. The number of hydrogen-bond donors (Lipinski definition) is 1. The first kappa shape index (κ1) is 7.94. The Balaban J connectivity index is 2.77. The second-order valence-corrected chi connectivity index (χ2v) is 2.70. The summed E-state index contributed by atoms with van der Waals surface area (Å²) in [5.41, 5.74) is 1.50. The lowest BCUT2D eigenvalue weighted by Crippen LogP contribution is -2.28. The van der Waals surface area contributed by atoms with E-state index in [1.807, 2.05) is 0 Å². The predicted octanol–water partition coefficient (Wildman–Crippen LogP) is 0.361. The molecule has 0 saturated heterocycles. The van der Waals surface area contributed by atoms with E-state index in [0.29, 0.717) is 21.5 Å². The van der Waals surface area contributed by atoms with Gasteiger partial charge < -0.3 is 10.3 Å². The zero-order chi connectivity index (χ0) is 9.26. The third-order valence-electron chi connectivity index (χ3n) is 1.81. The van der Waals surface area contributed by atoms with Crippen LogP contribution < -0.4 is 4.73 Å². The Kier molecular flexibility index (Phi) is 1.83. The SMILES string of the molecule is [O-][n+]1cc(CO)nc2ccccc21. The van der Waals surface area contributed by atoms with Gasteiger partial charge in [0.25, 0.3) is 0 Å². The monoisotopic (exact) mass is 176 g/mol. The standard InChI is InChI=1S/C9H8N2O2/c12-6-7-5-11(13)9-4-2-1-3-8(9)10-7/h1-5,12H,6H2. The van der Waals surface area contributed by atoms with Gasteiger partial charge in [0.05, 0.1) is 6.61 Å². The molecule has 2 aromatic rings. The number of aliphatic hydroxyl groups is 1. The molecule has 0 radical (unpaired) electrons. The normalized spacial score (nSPS) is 10.5. The van der Waals surface area contributed by atoms with Crippen LogP contribution in [0.25, 0.3) is 11.0 Å². The first-order valence-electron chi connectivity index (χ1n) is 3.90. The Morgan fingerprint density at radius 1 is 1.38 bits per heavy atom. The summed E-state index contributed by atoms with van der Waals surface area (Å²) in [6, 6.07) is 7.01. The van der Waals surface area contributed by atoms with Crippen molar-refractivity contribution in [2.45, 2.75) is 6.61 Å². The van der Waals surface area contributed by atoms with Crippen molar-refractivity contribution in [1.82, 2.24) is 4.98 Å². The largest absolute Gasteiger partial charge is 0.618 e. The summed E-state index contributed by atoms with van der Waals surface area (Å²) < 4.78 is 0.716. The van der Waals surface area contributed by atoms with Crippen molar-refractivity contribution in [3.8, 4) is 0 Å². The number of para-hydroxylation sites is 2. The summed E-state index contributed by atoms with van der Waals surface area (Å²) >= 11 is 0. The highest BCUT2D eigenvalue weighted by Gasteiger charge is 2.05. The lowest BCUT2D eigenvalue weighted by Gasteiger charge is -2.01. The molecule has 1 heterocycles. The van der Waals surface area contributed by atoms with Crippen LogP contribution in [-0.4, -0.2) is 10.1 Å². The van der Waals surface area contributed by atoms with Gasteiger partial charge in [0, 0.05) is 6.07 Å². The Hall–Kier alpha value is -1.68. The second kappa shape index (κ2) is 2.99. The quantitative estimate of drug-likeness (QED) is 0.504. The summed E-state index contributed by atoms with van der Waals surface area (Å²) in [7, 11) is 0. The molecular formula is C9H8N2O2. The van der Waals surface area contributed by atoms with Crippen molar-refractivity contribution in [3.63, 3.8) is 0 Å². The summed E-state index contributed by atoms with van der Waals surface area (Å²) in [4.78, 5) is 4.08. The molecule has 13 heavy (non-hydrogen) atoms. The highest BCUT2D eigenvalue weighted by molar-refractivity contribution is 5.70. The molecule has 0 bridgehead atoms. The summed E-state index contributed by atoms with van der Waals surface area (Å²) in [5.74, 6) is 0. The van der Waals surface area contributed by atoms with Crippen LogP contribution in [0.15, 0.2) is 30.5 Å². The van der Waals surface area contributed by atoms with Crippen LogP contribution in [-0.2, 0) is 6.61 Å². The molecule has 0 amide bonds. The summed E-state index contributed by atoms with van der Waals surface area (Å²) in [6.45, 7) is -0.215. The van der Waals surface area contributed by atoms with Crippen molar-refractivity contribution in [3.05, 3.63) is 41.4 Å². The number of fused-ring (bicyclic) bond motifs is 1. The minimum atomic E-state index is -0.215. The molecule has 0 aliphatic rings. The molecule has 0 spiro atoms. The van der Waals surface area contributed by atoms with Crippen LogP contribution in [0.3, 0.4) is 0 Å². The molecule has 2 rings (SSSR count). The zero-order valence-corrected chi connectivity index (χ0v) is 6.84. The first-order chi connectivity index (χ1) is 6.31. The van der Waals surface area contributed by atoms with E-state index in [1.165, 1.54) is 6.20 Å². The molecule has 0 atom stereocenters. The van der Waals surface area contributed by atoms with Crippen molar-refractivity contribution >= 4 is 11.0 Å². The average Bonchev–Trinajstić information content (AvgIpc) is 2.18. The molecule has 0 saturated carbocycles. The fourth-order valence-corrected chi connectivity index (χ4v) is 1.21. The number of hydrogen-bond acceptors (Lipinski definition) is 3. The topological polar surface area (TPSA) is 60.1 Å². The molecule has 1 aromatic heterocycles. The molecule has 4 nitrogen and oxygen atoms in total. The Morgan fingerprint density at radius 2 is 2.15 bits per heavy atom. The molecule has 1 N–H and O–H groups in total. The van der Waals surface area contributed by atoms with Crippen molar-refractivity contribution in [2.24, 2.45) is 0 Å². The maximum Gasteiger partial charge on any atom is 0.242 e. The van der Waals surface area contributed by atoms with Gasteiger partial charge in [-0.15, -0.1) is 0 Å². The minimum absolute atomic E-state index is 0.215. The zero-order valence-electron chi connectivity index (χ0n) is 6.84. The van der Waals surface area contributed by atoms with Crippen molar-refractivity contribution < 1.29 is 9.84 Å². The highest BCUT2D eigenvalue weighted by atomic mass is 16.5. The van der Waals surface area contributed by atoms with Gasteiger partial charge in [-0.3, -0.25) is 0 Å². The van der Waals surface area contributed by atoms with Gasteiger partial charge in [-0.1, -0.05) is 12.1 Å². The van der Waals surface area contributed by atoms with Gasteiger partial charge in [0.1, 0.15) is 11.2 Å². The molecule has 0 fully saturated rings. The van der Waals surface area contributed by atoms with E-state index in [0.717, 1.165) is 0 Å². The van der Waals surface area contributed by atoms with Crippen LogP contribution in [0, 0.1) is 5.21 Å². The number of aromatic nitrogens is 2. The Morgan fingerprint density at radius 3 is 2.92 bits per heavy atom. The number of nitrogens with zero attached hydrogens (tertiary/aromatic N) is 2. The van der Waals surface area contributed by atoms with Crippen LogP contribution in [0.2, 0.25) is 0 Å². The van der Waals surface area contributed by atoms with E-state index in [2.05, 4.69) is 4.98 Å². The predicted molar refractivity (Wildman–Crippen MR) is 46.6 cm³/mol. The van der Waals surface area contributed by atoms with Gasteiger partial charge in [0.15, 0.2) is 0 Å². The molecule has 66 valence electrons. The van der Waals surface area contributed by atoms with Gasteiger partial charge in [-0.05, 0) is 6.07 Å². The van der Waals surface area contributed by atoms with Crippen LogP contribution in [0.1, 0.15) is 5.69 Å². The minimum Gasteiger partial charge on any atom is -0.618 e. The van der Waals surface area contributed by atoms with Gasteiger partial charge in [0.2, 0.25) is 11.7 Å². The molecule has 0 unspecified atom stereocenters. The van der Waals surface area contributed by atoms with Gasteiger partial charge in [-0.25, -0.2) is 4.98 Å². The second-order valence-electron chi connectivity index (χ2n) is 2.70. The van der Waals surface area contributed by atoms with E-state index >= 15 is 0 Å². The van der Waals surface area contributed by atoms with Crippen LogP contribution in [0.5, 0.6) is 0 Å². The Bertz CT molecular complexity index is 443. The summed E-state index contributed by atoms with van der Waals surface area (Å²) in [6.07, 6.45) is 1.28. The van der Waals surface area contributed by atoms with Crippen molar-refractivity contribution in [2.75, 3.05) is 0 Å². The fraction of sp³-hybridized carbons (Fsp3) is 0.111. The molecule has 0 aliphatic heterocycles. The van der Waals surface area contributed by atoms with Crippen molar-refractivity contribution in [1.29, 1.82) is 0 Å². The molecule has 1 aromatic carbocycles. The molecular weight excluding hydrogens is 168 g/mol. The van der Waals surface area contributed by atoms with Gasteiger partial charge in [-0.2, -0.15) is 4.73 Å². The van der Waals surface area contributed by atoms with Crippen LogP contribution >= 0.6 is 0 Å². The number of rotatable bonds is 1. The number of aliphatic hydroxyl groups excluding tert-OH is 1. The van der Waals surface area contributed by atoms with Crippen LogP contribution in [0.4, 0.5) is 0 Å². The van der Waals surface area contributed by atoms with E-state index in [1.54, 1.807) is 24.3 Å². The van der Waals surface area contributed by atoms with E-state index in [4.69, 9.17) is 5.11 Å². The smallest absolute Gasteiger partial charge is 0.242 e. The van der Waals surface area contributed by atoms with E-state index < -0.39 is 0 Å². The lowest BCUT2D eigenvalue weighted by molar-refractivity contribution is -0.578. The Labute approximate surface area is 74.7 Å². The van der Waals surface area contributed by atoms with E-state index in [9.17, 15) is 5.21 Å². The number of benzene rings is 1. The van der Waals surface area contributed by atoms with Gasteiger partial charge >= 0.3 is 0 Å². The fourth-order valence-electron chi connectivity index (χ4n) is 1.21. The third kappa shape index (κ3) is 1.31. The third-order valence-corrected chi connectivity index (χ3v) is 1.81. The maximum absolute atomic E-state index is 11.3. The summed E-state index contributed by atoms with van der Waals surface area (Å²) in [5, 5.41) is 20.1. The first-order valence-corrected chi connectivity index (χ1v) is 3.90. The molecule has 4 heteroatoms. The average molecular weight is 176 g/mol. The highest BCUT2D eigenvalue weighted by Crippen LogP contribution is 2.06. The maximum atomic E-state index is 11.3.